The van der Waals surface area contributed by atoms with Gasteiger partial charge in [-0.3, -0.25) is 9.59 Å². The smallest absolute Gasteiger partial charge is 0.305 e. The molecule has 114 valence electrons. The maximum absolute atomic E-state index is 12.1. The molecule has 2 aromatic rings. The molecule has 22 heavy (non-hydrogen) atoms. The molecule has 0 spiro atoms. The number of aliphatic carboxylic acids is 1. The van der Waals surface area contributed by atoms with E-state index in [1.54, 1.807) is 6.92 Å². The molecule has 1 aliphatic carbocycles. The number of hydrogen-bond donors (Lipinski definition) is 2. The molecule has 3 rings (SSSR count). The van der Waals surface area contributed by atoms with Crippen molar-refractivity contribution in [3.8, 4) is 0 Å². The molecular formula is C18H19NO3. The Kier molecular flexibility index (Phi) is 3.84. The molecule has 0 saturated heterocycles. The fourth-order valence-corrected chi connectivity index (χ4v) is 2.95. The molecule has 1 saturated carbocycles. The van der Waals surface area contributed by atoms with Crippen molar-refractivity contribution >= 4 is 22.6 Å². The van der Waals surface area contributed by atoms with E-state index >= 15 is 0 Å². The molecule has 0 heterocycles. The van der Waals surface area contributed by atoms with E-state index < -0.39 is 5.97 Å². The van der Waals surface area contributed by atoms with Crippen LogP contribution in [-0.2, 0) is 9.59 Å². The molecule has 0 aliphatic heterocycles. The van der Waals surface area contributed by atoms with Crippen LogP contribution in [0.15, 0.2) is 42.5 Å². The van der Waals surface area contributed by atoms with Crippen molar-refractivity contribution in [2.45, 2.75) is 31.7 Å². The molecule has 0 aromatic heterocycles. The van der Waals surface area contributed by atoms with Crippen molar-refractivity contribution < 1.29 is 14.7 Å². The van der Waals surface area contributed by atoms with Gasteiger partial charge in [-0.2, -0.15) is 0 Å². The van der Waals surface area contributed by atoms with Gasteiger partial charge in [0.2, 0.25) is 5.91 Å². The van der Waals surface area contributed by atoms with Crippen LogP contribution in [0.3, 0.4) is 0 Å². The summed E-state index contributed by atoms with van der Waals surface area (Å²) >= 11 is 0. The van der Waals surface area contributed by atoms with E-state index in [1.807, 2.05) is 12.1 Å². The van der Waals surface area contributed by atoms with E-state index in [9.17, 15) is 9.59 Å². The van der Waals surface area contributed by atoms with Gasteiger partial charge in [0.25, 0.3) is 0 Å². The molecule has 4 heteroatoms. The molecule has 0 radical (unpaired) electrons. The number of amides is 1. The van der Waals surface area contributed by atoms with Crippen molar-refractivity contribution in [1.82, 2.24) is 5.32 Å². The van der Waals surface area contributed by atoms with Crippen molar-refractivity contribution in [3.63, 3.8) is 0 Å². The number of carboxylic acid groups (broad SMARTS) is 1. The van der Waals surface area contributed by atoms with Crippen LogP contribution in [0.1, 0.15) is 31.2 Å². The van der Waals surface area contributed by atoms with Gasteiger partial charge in [0, 0.05) is 12.0 Å². The third-order valence-corrected chi connectivity index (χ3v) is 4.20. The Bertz CT molecular complexity index is 725. The Labute approximate surface area is 129 Å². The SMILES string of the molecule is CC(CC(=O)O)NC(=O)C1CC1c1ccc2ccccc2c1. The maximum Gasteiger partial charge on any atom is 0.305 e. The fraction of sp³-hybridized carbons (Fsp3) is 0.333. The van der Waals surface area contributed by atoms with Gasteiger partial charge in [0.05, 0.1) is 6.42 Å². The number of benzene rings is 2. The summed E-state index contributed by atoms with van der Waals surface area (Å²) in [7, 11) is 0. The number of fused-ring (bicyclic) bond motifs is 1. The van der Waals surface area contributed by atoms with Gasteiger partial charge >= 0.3 is 5.97 Å². The van der Waals surface area contributed by atoms with Gasteiger partial charge < -0.3 is 10.4 Å². The van der Waals surface area contributed by atoms with Crippen LogP contribution in [-0.4, -0.2) is 23.0 Å². The highest BCUT2D eigenvalue weighted by Crippen LogP contribution is 2.48. The third-order valence-electron chi connectivity index (χ3n) is 4.20. The summed E-state index contributed by atoms with van der Waals surface area (Å²) < 4.78 is 0. The van der Waals surface area contributed by atoms with Gasteiger partial charge in [-0.05, 0) is 35.6 Å². The minimum Gasteiger partial charge on any atom is -0.481 e. The fourth-order valence-electron chi connectivity index (χ4n) is 2.95. The molecule has 2 aromatic carbocycles. The number of hydrogen-bond acceptors (Lipinski definition) is 2. The second kappa shape index (κ2) is 5.79. The first-order valence-corrected chi connectivity index (χ1v) is 7.55. The summed E-state index contributed by atoms with van der Waals surface area (Å²) in [5.74, 6) is -0.708. The van der Waals surface area contributed by atoms with E-state index in [1.165, 1.54) is 16.3 Å². The van der Waals surface area contributed by atoms with Gasteiger partial charge in [-0.1, -0.05) is 42.5 Å². The zero-order chi connectivity index (χ0) is 15.7. The summed E-state index contributed by atoms with van der Waals surface area (Å²) in [5, 5.41) is 13.9. The highest BCUT2D eigenvalue weighted by molar-refractivity contribution is 5.86. The van der Waals surface area contributed by atoms with Crippen LogP contribution in [0.4, 0.5) is 0 Å². The Hall–Kier alpha value is -2.36. The van der Waals surface area contributed by atoms with Gasteiger partial charge in [-0.25, -0.2) is 0 Å². The zero-order valence-electron chi connectivity index (χ0n) is 12.5. The Morgan fingerprint density at radius 1 is 1.23 bits per heavy atom. The van der Waals surface area contributed by atoms with E-state index in [-0.39, 0.29) is 30.2 Å². The first-order valence-electron chi connectivity index (χ1n) is 7.55. The van der Waals surface area contributed by atoms with Crippen molar-refractivity contribution in [2.24, 2.45) is 5.92 Å². The van der Waals surface area contributed by atoms with Crippen LogP contribution in [0, 0.1) is 5.92 Å². The van der Waals surface area contributed by atoms with Crippen molar-refractivity contribution in [2.75, 3.05) is 0 Å². The Balaban J connectivity index is 1.65. The van der Waals surface area contributed by atoms with E-state index in [0.717, 1.165) is 6.42 Å². The molecule has 0 bridgehead atoms. The largest absolute Gasteiger partial charge is 0.481 e. The predicted octanol–water partition coefficient (Wildman–Crippen LogP) is 2.92. The predicted molar refractivity (Wildman–Crippen MR) is 84.7 cm³/mol. The summed E-state index contributed by atoms with van der Waals surface area (Å²) in [6.45, 7) is 1.72. The summed E-state index contributed by atoms with van der Waals surface area (Å²) in [6.07, 6.45) is 0.795. The maximum atomic E-state index is 12.1. The lowest BCUT2D eigenvalue weighted by atomic mass is 10.0. The van der Waals surface area contributed by atoms with Crippen LogP contribution in [0.5, 0.6) is 0 Å². The first kappa shape index (κ1) is 14.6. The average Bonchev–Trinajstić information content (AvgIpc) is 3.26. The molecule has 3 unspecified atom stereocenters. The lowest BCUT2D eigenvalue weighted by Gasteiger charge is -2.11. The number of carbonyl (C=O) groups is 2. The Morgan fingerprint density at radius 2 is 1.95 bits per heavy atom. The highest BCUT2D eigenvalue weighted by Gasteiger charge is 2.44. The first-order chi connectivity index (χ1) is 10.5. The Morgan fingerprint density at radius 3 is 2.68 bits per heavy atom. The van der Waals surface area contributed by atoms with Crippen molar-refractivity contribution in [3.05, 3.63) is 48.0 Å². The summed E-state index contributed by atoms with van der Waals surface area (Å²) in [4.78, 5) is 22.8. The van der Waals surface area contributed by atoms with Crippen LogP contribution in [0.25, 0.3) is 10.8 Å². The van der Waals surface area contributed by atoms with E-state index in [2.05, 4.69) is 35.6 Å². The quantitative estimate of drug-likeness (QED) is 0.891. The molecule has 3 atom stereocenters. The van der Waals surface area contributed by atoms with Gasteiger partial charge in [0.15, 0.2) is 0 Å². The molecule has 2 N–H and O–H groups in total. The standard InChI is InChI=1S/C18H19NO3/c1-11(8-17(20)21)19-18(22)16-10-15(16)14-7-6-12-4-2-3-5-13(12)9-14/h2-7,9,11,15-16H,8,10H2,1H3,(H,19,22)(H,20,21). The highest BCUT2D eigenvalue weighted by atomic mass is 16.4. The van der Waals surface area contributed by atoms with Crippen LogP contribution < -0.4 is 5.32 Å². The molecule has 4 nitrogen and oxygen atoms in total. The topological polar surface area (TPSA) is 66.4 Å². The number of carboxylic acids is 1. The average molecular weight is 297 g/mol. The minimum absolute atomic E-state index is 0.0302. The minimum atomic E-state index is -0.894. The second-order valence-corrected chi connectivity index (χ2v) is 6.06. The zero-order valence-corrected chi connectivity index (χ0v) is 12.5. The molecule has 1 fully saturated rings. The monoisotopic (exact) mass is 297 g/mol. The molecule has 1 aliphatic rings. The number of rotatable bonds is 5. The third kappa shape index (κ3) is 3.11. The molecule has 1 amide bonds. The van der Waals surface area contributed by atoms with Crippen LogP contribution >= 0.6 is 0 Å². The second-order valence-electron chi connectivity index (χ2n) is 6.06. The lowest BCUT2D eigenvalue weighted by molar-refractivity contribution is -0.137. The van der Waals surface area contributed by atoms with Crippen molar-refractivity contribution in [1.29, 1.82) is 0 Å². The van der Waals surface area contributed by atoms with Gasteiger partial charge in [0.1, 0.15) is 0 Å². The summed E-state index contributed by atoms with van der Waals surface area (Å²) in [5.41, 5.74) is 1.18. The normalized spacial score (nSPS) is 21.3. The molecular weight excluding hydrogens is 278 g/mol. The van der Waals surface area contributed by atoms with E-state index in [0.29, 0.717) is 0 Å². The van der Waals surface area contributed by atoms with Crippen LogP contribution in [0.2, 0.25) is 0 Å². The number of nitrogens with one attached hydrogen (secondary N) is 1. The number of carbonyl (C=O) groups excluding carboxylic acids is 1. The van der Waals surface area contributed by atoms with E-state index in [4.69, 9.17) is 5.11 Å². The summed E-state index contributed by atoms with van der Waals surface area (Å²) in [6, 6.07) is 14.2. The lowest BCUT2D eigenvalue weighted by Crippen LogP contribution is -2.35. The van der Waals surface area contributed by atoms with Gasteiger partial charge in [-0.15, -0.1) is 0 Å².